The molecule has 7 nitrogen and oxygen atoms in total. The molecule has 0 aromatic carbocycles. The van der Waals surface area contributed by atoms with Crippen LogP contribution in [0.1, 0.15) is 35.9 Å². The number of rotatable bonds is 3. The number of hydrogen-bond acceptors (Lipinski definition) is 5. The molecular weight excluding hydrogens is 284 g/mol. The Balaban J connectivity index is 2.19. The van der Waals surface area contributed by atoms with Gasteiger partial charge in [-0.15, -0.1) is 0 Å². The van der Waals surface area contributed by atoms with E-state index >= 15 is 0 Å². The van der Waals surface area contributed by atoms with Crippen molar-refractivity contribution < 1.29 is 22.4 Å². The molecular formula is C12H18N2O5S. The topological polar surface area (TPSA) is 112 Å². The number of aryl methyl sites for hydroxylation is 1. The Labute approximate surface area is 117 Å². The summed E-state index contributed by atoms with van der Waals surface area (Å²) in [5.41, 5.74) is -0.290. The molecule has 112 valence electrons. The van der Waals surface area contributed by atoms with E-state index in [9.17, 15) is 13.2 Å². The van der Waals surface area contributed by atoms with Gasteiger partial charge in [0.15, 0.2) is 0 Å². The van der Waals surface area contributed by atoms with Crippen LogP contribution in [-0.4, -0.2) is 33.1 Å². The Hall–Kier alpha value is -1.38. The molecule has 8 heteroatoms. The van der Waals surface area contributed by atoms with Gasteiger partial charge in [-0.2, -0.15) is 0 Å². The Kier molecular flexibility index (Phi) is 3.90. The van der Waals surface area contributed by atoms with Crippen LogP contribution in [0.25, 0.3) is 0 Å². The Bertz CT molecular complexity index is 614. The Morgan fingerprint density at radius 3 is 2.70 bits per heavy atom. The number of primary sulfonamides is 1. The van der Waals surface area contributed by atoms with Crippen LogP contribution in [0.15, 0.2) is 15.6 Å². The highest BCUT2D eigenvalue weighted by atomic mass is 32.2. The highest BCUT2D eigenvalue weighted by Gasteiger charge is 2.31. The number of carbonyl (C=O) groups excluding carboxylic acids is 1. The molecule has 1 aliphatic heterocycles. The number of amides is 1. The zero-order chi connectivity index (χ0) is 15.0. The predicted octanol–water partition coefficient (Wildman–Crippen LogP) is 0.534. The third-order valence-electron chi connectivity index (χ3n) is 3.27. The quantitative estimate of drug-likeness (QED) is 0.846. The number of sulfonamides is 1. The maximum Gasteiger partial charge on any atom is 0.271 e. The first-order valence-electron chi connectivity index (χ1n) is 6.25. The van der Waals surface area contributed by atoms with Gasteiger partial charge >= 0.3 is 0 Å². The molecule has 0 saturated carbocycles. The van der Waals surface area contributed by atoms with Gasteiger partial charge in [0.2, 0.25) is 5.09 Å². The van der Waals surface area contributed by atoms with E-state index in [4.69, 9.17) is 14.3 Å². The molecule has 1 aromatic rings. The van der Waals surface area contributed by atoms with Crippen LogP contribution in [-0.2, 0) is 14.8 Å². The maximum absolute atomic E-state index is 12.2. The smallest absolute Gasteiger partial charge is 0.271 e. The number of furan rings is 1. The maximum atomic E-state index is 12.2. The molecule has 1 amide bonds. The lowest BCUT2D eigenvalue weighted by atomic mass is 9.94. The fourth-order valence-corrected chi connectivity index (χ4v) is 2.72. The summed E-state index contributed by atoms with van der Waals surface area (Å²) in [6, 6.07) is 1.15. The molecule has 1 aromatic heterocycles. The molecule has 0 aliphatic carbocycles. The molecule has 1 fully saturated rings. The lowest BCUT2D eigenvalue weighted by molar-refractivity contribution is 0.0272. The van der Waals surface area contributed by atoms with Crippen LogP contribution in [0.5, 0.6) is 0 Å². The second-order valence-electron chi connectivity index (χ2n) is 5.25. The van der Waals surface area contributed by atoms with Crippen molar-refractivity contribution in [3.8, 4) is 0 Å². The first kappa shape index (κ1) is 15.0. The zero-order valence-electron chi connectivity index (χ0n) is 11.4. The number of hydrogen-bond donors (Lipinski definition) is 2. The van der Waals surface area contributed by atoms with Crippen molar-refractivity contribution in [3.63, 3.8) is 0 Å². The number of carbonyl (C=O) groups is 1. The fraction of sp³-hybridized carbons (Fsp3) is 0.583. The van der Waals surface area contributed by atoms with E-state index in [2.05, 4.69) is 5.32 Å². The molecule has 0 bridgehead atoms. The number of nitrogens with one attached hydrogen (secondary N) is 1. The summed E-state index contributed by atoms with van der Waals surface area (Å²) < 4.78 is 32.8. The first-order valence-corrected chi connectivity index (χ1v) is 7.79. The Morgan fingerprint density at radius 1 is 1.50 bits per heavy atom. The largest absolute Gasteiger partial charge is 0.448 e. The fourth-order valence-electron chi connectivity index (χ4n) is 2.19. The van der Waals surface area contributed by atoms with Crippen molar-refractivity contribution in [1.29, 1.82) is 0 Å². The molecule has 1 atom stereocenters. The van der Waals surface area contributed by atoms with E-state index in [0.717, 1.165) is 18.9 Å². The minimum absolute atomic E-state index is 0.167. The standard InChI is InChI=1S/C12H18N2O5S/c1-8-9(6-10(19-8)20(13,16)17)11(15)14-12(2)4-3-5-18-7-12/h6H,3-5,7H2,1-2H3,(H,14,15)(H2,13,16,17). The Morgan fingerprint density at radius 2 is 2.20 bits per heavy atom. The number of ether oxygens (including phenoxy) is 1. The van der Waals surface area contributed by atoms with Crippen LogP contribution in [0.2, 0.25) is 0 Å². The van der Waals surface area contributed by atoms with Gasteiger partial charge in [0.05, 0.1) is 17.7 Å². The van der Waals surface area contributed by atoms with Gasteiger partial charge in [0.25, 0.3) is 15.9 Å². The second kappa shape index (κ2) is 5.19. The van der Waals surface area contributed by atoms with Crippen LogP contribution in [0.3, 0.4) is 0 Å². The third-order valence-corrected chi connectivity index (χ3v) is 4.04. The molecule has 20 heavy (non-hydrogen) atoms. The van der Waals surface area contributed by atoms with Crippen LogP contribution in [0.4, 0.5) is 0 Å². The summed E-state index contributed by atoms with van der Waals surface area (Å²) in [6.45, 7) is 4.52. The minimum Gasteiger partial charge on any atom is -0.448 e. The van der Waals surface area contributed by atoms with Gasteiger partial charge in [-0.25, -0.2) is 13.6 Å². The number of nitrogens with two attached hydrogens (primary N) is 1. The van der Waals surface area contributed by atoms with Crippen molar-refractivity contribution >= 4 is 15.9 Å². The monoisotopic (exact) mass is 302 g/mol. The van der Waals surface area contributed by atoms with E-state index in [1.165, 1.54) is 6.92 Å². The predicted molar refractivity (Wildman–Crippen MR) is 70.7 cm³/mol. The first-order chi connectivity index (χ1) is 9.21. The average molecular weight is 302 g/mol. The lowest BCUT2D eigenvalue weighted by Crippen LogP contribution is -2.51. The summed E-state index contributed by atoms with van der Waals surface area (Å²) in [6.07, 6.45) is 1.67. The second-order valence-corrected chi connectivity index (χ2v) is 6.74. The van der Waals surface area contributed by atoms with Crippen LogP contribution >= 0.6 is 0 Å². The van der Waals surface area contributed by atoms with Crippen molar-refractivity contribution in [2.45, 2.75) is 37.3 Å². The molecule has 2 heterocycles. The average Bonchev–Trinajstić information content (AvgIpc) is 2.71. The van der Waals surface area contributed by atoms with E-state index < -0.39 is 26.6 Å². The summed E-state index contributed by atoms with van der Waals surface area (Å²) in [5, 5.41) is 7.42. The normalized spacial score (nSPS) is 23.6. The van der Waals surface area contributed by atoms with Gasteiger partial charge < -0.3 is 14.5 Å². The van der Waals surface area contributed by atoms with Crippen molar-refractivity contribution in [2.24, 2.45) is 5.14 Å². The molecule has 3 N–H and O–H groups in total. The highest BCUT2D eigenvalue weighted by Crippen LogP contribution is 2.22. The van der Waals surface area contributed by atoms with Gasteiger partial charge in [0, 0.05) is 12.7 Å². The third kappa shape index (κ3) is 3.20. The SMILES string of the molecule is Cc1oc(S(N)(=O)=O)cc1C(=O)NC1(C)CCCOC1. The van der Waals surface area contributed by atoms with Crippen molar-refractivity contribution in [2.75, 3.05) is 13.2 Å². The molecule has 0 spiro atoms. The zero-order valence-corrected chi connectivity index (χ0v) is 12.2. The van der Waals surface area contributed by atoms with Crippen LogP contribution in [0, 0.1) is 6.92 Å². The summed E-state index contributed by atoms with van der Waals surface area (Å²) in [4.78, 5) is 12.2. The van der Waals surface area contributed by atoms with Crippen LogP contribution < -0.4 is 10.5 Å². The van der Waals surface area contributed by atoms with Crippen molar-refractivity contribution in [3.05, 3.63) is 17.4 Å². The van der Waals surface area contributed by atoms with E-state index in [0.29, 0.717) is 13.2 Å². The molecule has 0 radical (unpaired) electrons. The molecule has 1 saturated heterocycles. The summed E-state index contributed by atoms with van der Waals surface area (Å²) >= 11 is 0. The molecule has 2 rings (SSSR count). The summed E-state index contributed by atoms with van der Waals surface area (Å²) in [7, 11) is -3.96. The lowest BCUT2D eigenvalue weighted by Gasteiger charge is -2.34. The highest BCUT2D eigenvalue weighted by molar-refractivity contribution is 7.89. The van der Waals surface area contributed by atoms with E-state index in [1.807, 2.05) is 6.92 Å². The van der Waals surface area contributed by atoms with Gasteiger partial charge in [-0.1, -0.05) is 0 Å². The van der Waals surface area contributed by atoms with Gasteiger partial charge in [-0.05, 0) is 26.7 Å². The van der Waals surface area contributed by atoms with E-state index in [1.54, 1.807) is 0 Å². The van der Waals surface area contributed by atoms with Crippen molar-refractivity contribution in [1.82, 2.24) is 5.32 Å². The molecule has 1 aliphatic rings. The van der Waals surface area contributed by atoms with E-state index in [-0.39, 0.29) is 11.3 Å². The van der Waals surface area contributed by atoms with Gasteiger partial charge in [0.1, 0.15) is 5.76 Å². The summed E-state index contributed by atoms with van der Waals surface area (Å²) in [5.74, 6) is -0.180. The molecule has 1 unspecified atom stereocenters. The minimum atomic E-state index is -3.96. The van der Waals surface area contributed by atoms with Gasteiger partial charge in [-0.3, -0.25) is 4.79 Å².